The van der Waals surface area contributed by atoms with Gasteiger partial charge < -0.3 is 0 Å². The lowest BCUT2D eigenvalue weighted by Crippen LogP contribution is -1.93. The zero-order valence-electron chi connectivity index (χ0n) is 11.1. The van der Waals surface area contributed by atoms with Crippen molar-refractivity contribution in [2.45, 2.75) is 0 Å². The van der Waals surface area contributed by atoms with Gasteiger partial charge >= 0.3 is 0 Å². The first-order chi connectivity index (χ1) is 10.4. The van der Waals surface area contributed by atoms with Crippen molar-refractivity contribution < 1.29 is 0 Å². The molecule has 0 amide bonds. The molecule has 21 heavy (non-hydrogen) atoms. The Hall–Kier alpha value is -3.01. The Morgan fingerprint density at radius 3 is 2.57 bits per heavy atom. The molecule has 3 heterocycles. The summed E-state index contributed by atoms with van der Waals surface area (Å²) in [5, 5.41) is 2.22. The van der Waals surface area contributed by atoms with Crippen LogP contribution in [0.25, 0.3) is 38.5 Å². The van der Waals surface area contributed by atoms with Crippen LogP contribution < -0.4 is 0 Å². The Morgan fingerprint density at radius 1 is 0.810 bits per heavy atom. The number of rotatable bonds is 0. The highest BCUT2D eigenvalue weighted by Gasteiger charge is 2.13. The van der Waals surface area contributed by atoms with E-state index in [0.717, 1.165) is 38.5 Å². The van der Waals surface area contributed by atoms with Gasteiger partial charge in [-0.05, 0) is 12.1 Å². The molecule has 0 aliphatic carbocycles. The maximum atomic E-state index is 4.80. The fourth-order valence-electron chi connectivity index (χ4n) is 3.03. The van der Waals surface area contributed by atoms with Crippen molar-refractivity contribution in [1.82, 2.24) is 19.4 Å². The van der Waals surface area contributed by atoms with Crippen molar-refractivity contribution in [2.75, 3.05) is 0 Å². The normalized spacial score (nSPS) is 11.8. The van der Waals surface area contributed by atoms with E-state index in [4.69, 9.17) is 4.98 Å². The summed E-state index contributed by atoms with van der Waals surface area (Å²) in [6.07, 6.45) is 3.45. The van der Waals surface area contributed by atoms with E-state index in [-0.39, 0.29) is 0 Å². The molecule has 5 rings (SSSR count). The van der Waals surface area contributed by atoms with Crippen LogP contribution in [0.15, 0.2) is 61.1 Å². The molecule has 0 saturated heterocycles. The maximum Gasteiger partial charge on any atom is 0.146 e. The summed E-state index contributed by atoms with van der Waals surface area (Å²) in [6, 6.07) is 16.4. The van der Waals surface area contributed by atoms with Gasteiger partial charge in [0.15, 0.2) is 0 Å². The summed E-state index contributed by atoms with van der Waals surface area (Å²) < 4.78 is 2.15. The van der Waals surface area contributed by atoms with Gasteiger partial charge in [-0.15, -0.1) is 0 Å². The molecule has 0 spiro atoms. The van der Waals surface area contributed by atoms with Gasteiger partial charge in [0, 0.05) is 10.8 Å². The van der Waals surface area contributed by atoms with Crippen LogP contribution in [0.2, 0.25) is 0 Å². The standard InChI is InChI=1S/C17H10N4/c1-2-6-12-11(5-1)16-15(9-18-10-19-16)21-14-8-4-3-7-13(14)20-17(12)21/h1-10H. The van der Waals surface area contributed by atoms with E-state index >= 15 is 0 Å². The first-order valence-corrected chi connectivity index (χ1v) is 6.81. The summed E-state index contributed by atoms with van der Waals surface area (Å²) in [4.78, 5) is 13.5. The molecule has 2 aromatic carbocycles. The molecule has 0 saturated carbocycles. The molecule has 98 valence electrons. The lowest BCUT2D eigenvalue weighted by Gasteiger charge is -2.06. The van der Waals surface area contributed by atoms with E-state index in [2.05, 4.69) is 32.6 Å². The van der Waals surface area contributed by atoms with E-state index in [1.54, 1.807) is 6.33 Å². The third kappa shape index (κ3) is 1.31. The minimum absolute atomic E-state index is 0.953. The highest BCUT2D eigenvalue weighted by Crippen LogP contribution is 2.30. The number of benzene rings is 2. The number of nitrogens with zero attached hydrogens (tertiary/aromatic N) is 4. The number of imidazole rings is 1. The van der Waals surface area contributed by atoms with E-state index in [9.17, 15) is 0 Å². The molecule has 0 radical (unpaired) electrons. The quantitative estimate of drug-likeness (QED) is 0.404. The molecule has 0 unspecified atom stereocenters. The Kier molecular flexibility index (Phi) is 1.92. The molecule has 0 bridgehead atoms. The number of pyridine rings is 1. The van der Waals surface area contributed by atoms with Crippen LogP contribution in [-0.4, -0.2) is 19.4 Å². The maximum absolute atomic E-state index is 4.80. The molecule has 3 aromatic heterocycles. The summed E-state index contributed by atoms with van der Waals surface area (Å²) in [7, 11) is 0. The number of aromatic nitrogens is 4. The predicted octanol–water partition coefficient (Wildman–Crippen LogP) is 3.58. The molecule has 0 aliphatic rings. The Labute approximate surface area is 119 Å². The third-order valence-electron chi connectivity index (χ3n) is 3.92. The van der Waals surface area contributed by atoms with E-state index < -0.39 is 0 Å². The van der Waals surface area contributed by atoms with E-state index in [0.29, 0.717) is 0 Å². The molecule has 4 heteroatoms. The van der Waals surface area contributed by atoms with Gasteiger partial charge in [0.2, 0.25) is 0 Å². The lowest BCUT2D eigenvalue weighted by molar-refractivity contribution is 1.19. The Bertz CT molecular complexity index is 1140. The third-order valence-corrected chi connectivity index (χ3v) is 3.92. The SMILES string of the molecule is c1ccc2c(c1)nc1c3ccccc3c3ncncc3n21. The second kappa shape index (κ2) is 3.76. The van der Waals surface area contributed by atoms with Gasteiger partial charge in [0.05, 0.1) is 28.3 Å². The van der Waals surface area contributed by atoms with Crippen molar-refractivity contribution in [1.29, 1.82) is 0 Å². The van der Waals surface area contributed by atoms with Crippen LogP contribution in [-0.2, 0) is 0 Å². The first-order valence-electron chi connectivity index (χ1n) is 6.81. The zero-order chi connectivity index (χ0) is 13.8. The molecule has 0 N–H and O–H groups in total. The Morgan fingerprint density at radius 2 is 1.62 bits per heavy atom. The molecular weight excluding hydrogens is 260 g/mol. The lowest BCUT2D eigenvalue weighted by atomic mass is 10.1. The number of hydrogen-bond donors (Lipinski definition) is 0. The fourth-order valence-corrected chi connectivity index (χ4v) is 3.03. The topological polar surface area (TPSA) is 43.1 Å². The van der Waals surface area contributed by atoms with Gasteiger partial charge in [0.1, 0.15) is 12.0 Å². The molecular formula is C17H10N4. The summed E-state index contributed by atoms with van der Waals surface area (Å²) in [6.45, 7) is 0. The molecule has 0 fully saturated rings. The van der Waals surface area contributed by atoms with Gasteiger partial charge in [-0.1, -0.05) is 36.4 Å². The largest absolute Gasteiger partial charge is 0.289 e. The first kappa shape index (κ1) is 10.7. The second-order valence-electron chi connectivity index (χ2n) is 5.06. The highest BCUT2D eigenvalue weighted by molar-refractivity contribution is 6.11. The van der Waals surface area contributed by atoms with Crippen LogP contribution in [0.4, 0.5) is 0 Å². The molecule has 0 aliphatic heterocycles. The van der Waals surface area contributed by atoms with Gasteiger partial charge in [-0.25, -0.2) is 15.0 Å². The minimum atomic E-state index is 0.953. The monoisotopic (exact) mass is 270 g/mol. The van der Waals surface area contributed by atoms with Gasteiger partial charge in [-0.2, -0.15) is 0 Å². The van der Waals surface area contributed by atoms with Gasteiger partial charge in [-0.3, -0.25) is 4.40 Å². The molecule has 0 atom stereocenters. The average molecular weight is 270 g/mol. The summed E-state index contributed by atoms with van der Waals surface area (Å²) >= 11 is 0. The number of hydrogen-bond acceptors (Lipinski definition) is 3. The van der Waals surface area contributed by atoms with Crippen molar-refractivity contribution in [3.05, 3.63) is 61.1 Å². The zero-order valence-corrected chi connectivity index (χ0v) is 11.1. The minimum Gasteiger partial charge on any atom is -0.289 e. The molecule has 5 aromatic rings. The Balaban J connectivity index is 2.25. The van der Waals surface area contributed by atoms with Crippen molar-refractivity contribution in [3.63, 3.8) is 0 Å². The van der Waals surface area contributed by atoms with Crippen molar-refractivity contribution >= 4 is 38.5 Å². The van der Waals surface area contributed by atoms with E-state index in [1.807, 2.05) is 36.5 Å². The average Bonchev–Trinajstić information content (AvgIpc) is 2.95. The predicted molar refractivity (Wildman–Crippen MR) is 83.3 cm³/mol. The van der Waals surface area contributed by atoms with Crippen LogP contribution in [0.3, 0.4) is 0 Å². The van der Waals surface area contributed by atoms with Crippen molar-refractivity contribution in [2.24, 2.45) is 0 Å². The van der Waals surface area contributed by atoms with Crippen LogP contribution in [0.1, 0.15) is 0 Å². The smallest absolute Gasteiger partial charge is 0.146 e. The van der Waals surface area contributed by atoms with Crippen LogP contribution in [0.5, 0.6) is 0 Å². The van der Waals surface area contributed by atoms with Crippen molar-refractivity contribution in [3.8, 4) is 0 Å². The van der Waals surface area contributed by atoms with E-state index in [1.165, 1.54) is 0 Å². The summed E-state index contributed by atoms with van der Waals surface area (Å²) in [5.41, 5.74) is 4.96. The van der Waals surface area contributed by atoms with Crippen LogP contribution in [0, 0.1) is 0 Å². The number of para-hydroxylation sites is 2. The van der Waals surface area contributed by atoms with Gasteiger partial charge in [0.25, 0.3) is 0 Å². The highest BCUT2D eigenvalue weighted by atomic mass is 15.0. The summed E-state index contributed by atoms with van der Waals surface area (Å²) in [5.74, 6) is 0. The molecule has 4 nitrogen and oxygen atoms in total. The second-order valence-corrected chi connectivity index (χ2v) is 5.06. The fraction of sp³-hybridized carbons (Fsp3) is 0. The van der Waals surface area contributed by atoms with Crippen LogP contribution >= 0.6 is 0 Å². The number of fused-ring (bicyclic) bond motifs is 8.